The van der Waals surface area contributed by atoms with Crippen LogP contribution in [-0.4, -0.2) is 16.5 Å². The number of nitrogens with zero attached hydrogens (tertiary/aromatic N) is 2. The van der Waals surface area contributed by atoms with Crippen molar-refractivity contribution in [3.05, 3.63) is 52.9 Å². The van der Waals surface area contributed by atoms with Crippen LogP contribution in [0.1, 0.15) is 11.1 Å². The van der Waals surface area contributed by atoms with Gasteiger partial charge in [0.05, 0.1) is 5.39 Å². The first-order valence-corrected chi connectivity index (χ1v) is 7.29. The summed E-state index contributed by atoms with van der Waals surface area (Å²) in [5.41, 5.74) is 2.16. The lowest BCUT2D eigenvalue weighted by Crippen LogP contribution is -2.07. The van der Waals surface area contributed by atoms with Gasteiger partial charge in [-0.3, -0.25) is 0 Å². The van der Waals surface area contributed by atoms with Crippen molar-refractivity contribution in [2.45, 2.75) is 13.3 Å². The Morgan fingerprint density at radius 2 is 2.20 bits per heavy atom. The summed E-state index contributed by atoms with van der Waals surface area (Å²) in [5.74, 6) is 0.658. The molecule has 0 fully saturated rings. The van der Waals surface area contributed by atoms with Crippen LogP contribution in [0.2, 0.25) is 0 Å². The Hall–Kier alpha value is -2.01. The molecule has 0 atom stereocenters. The standard InChI is InChI=1S/C15H14FN3S/c1-10-8-20-15-13(10)14(18-9-19-15)17-6-5-11-3-2-4-12(16)7-11/h2-4,7-9H,5-6H2,1H3,(H,17,18,19). The van der Waals surface area contributed by atoms with Crippen molar-refractivity contribution in [1.29, 1.82) is 0 Å². The van der Waals surface area contributed by atoms with Crippen molar-refractivity contribution < 1.29 is 4.39 Å². The van der Waals surface area contributed by atoms with Gasteiger partial charge in [0, 0.05) is 6.54 Å². The Kier molecular flexibility index (Phi) is 3.60. The molecule has 3 aromatic rings. The Morgan fingerprint density at radius 1 is 1.30 bits per heavy atom. The van der Waals surface area contributed by atoms with Gasteiger partial charge in [0.15, 0.2) is 0 Å². The van der Waals surface area contributed by atoms with Gasteiger partial charge in [0.2, 0.25) is 0 Å². The monoisotopic (exact) mass is 287 g/mol. The maximum atomic E-state index is 13.1. The lowest BCUT2D eigenvalue weighted by atomic mass is 10.1. The molecule has 1 N–H and O–H groups in total. The molecule has 0 saturated carbocycles. The predicted molar refractivity (Wildman–Crippen MR) is 80.7 cm³/mol. The van der Waals surface area contributed by atoms with Crippen LogP contribution >= 0.6 is 11.3 Å². The van der Waals surface area contributed by atoms with Crippen molar-refractivity contribution >= 4 is 27.4 Å². The molecule has 0 saturated heterocycles. The molecule has 0 amide bonds. The zero-order valence-electron chi connectivity index (χ0n) is 11.1. The second kappa shape index (κ2) is 5.54. The maximum absolute atomic E-state index is 13.1. The summed E-state index contributed by atoms with van der Waals surface area (Å²) in [7, 11) is 0. The number of nitrogens with one attached hydrogen (secondary N) is 1. The summed E-state index contributed by atoms with van der Waals surface area (Å²) < 4.78 is 13.1. The molecule has 0 aliphatic rings. The second-order valence-electron chi connectivity index (χ2n) is 4.63. The van der Waals surface area contributed by atoms with E-state index in [1.54, 1.807) is 29.8 Å². The van der Waals surface area contributed by atoms with Crippen molar-refractivity contribution in [2.75, 3.05) is 11.9 Å². The van der Waals surface area contributed by atoms with Gasteiger partial charge >= 0.3 is 0 Å². The molecule has 20 heavy (non-hydrogen) atoms. The van der Waals surface area contributed by atoms with Gasteiger partial charge in [-0.1, -0.05) is 12.1 Å². The van der Waals surface area contributed by atoms with Crippen LogP contribution in [-0.2, 0) is 6.42 Å². The van der Waals surface area contributed by atoms with Crippen LogP contribution in [0.4, 0.5) is 10.2 Å². The van der Waals surface area contributed by atoms with E-state index in [0.29, 0.717) is 6.54 Å². The quantitative estimate of drug-likeness (QED) is 0.793. The van der Waals surface area contributed by atoms with E-state index >= 15 is 0 Å². The number of benzene rings is 1. The number of halogens is 1. The summed E-state index contributed by atoms with van der Waals surface area (Å²) in [4.78, 5) is 9.55. The lowest BCUT2D eigenvalue weighted by molar-refractivity contribution is 0.625. The Balaban J connectivity index is 1.73. The second-order valence-corrected chi connectivity index (χ2v) is 5.49. The average Bonchev–Trinajstić information content (AvgIpc) is 2.82. The molecule has 0 aliphatic heterocycles. The number of aromatic nitrogens is 2. The summed E-state index contributed by atoms with van der Waals surface area (Å²) in [6.07, 6.45) is 2.33. The summed E-state index contributed by atoms with van der Waals surface area (Å²) in [6.45, 7) is 2.77. The molecule has 2 aromatic heterocycles. The van der Waals surface area contributed by atoms with Crippen LogP contribution in [0.3, 0.4) is 0 Å². The van der Waals surface area contributed by atoms with Gasteiger partial charge in [-0.25, -0.2) is 14.4 Å². The maximum Gasteiger partial charge on any atom is 0.138 e. The van der Waals surface area contributed by atoms with Crippen molar-refractivity contribution in [2.24, 2.45) is 0 Å². The third-order valence-electron chi connectivity index (χ3n) is 3.15. The van der Waals surface area contributed by atoms with E-state index in [1.807, 2.05) is 6.07 Å². The molecule has 2 heterocycles. The largest absolute Gasteiger partial charge is 0.369 e. The fourth-order valence-electron chi connectivity index (χ4n) is 2.17. The first-order chi connectivity index (χ1) is 9.74. The van der Waals surface area contributed by atoms with Crippen LogP contribution in [0.25, 0.3) is 10.2 Å². The van der Waals surface area contributed by atoms with Crippen molar-refractivity contribution in [1.82, 2.24) is 9.97 Å². The minimum absolute atomic E-state index is 0.194. The average molecular weight is 287 g/mol. The van der Waals surface area contributed by atoms with Gasteiger partial charge in [-0.05, 0) is 42.0 Å². The number of aryl methyl sites for hydroxylation is 1. The fraction of sp³-hybridized carbons (Fsp3) is 0.200. The van der Waals surface area contributed by atoms with E-state index in [-0.39, 0.29) is 5.82 Å². The zero-order valence-corrected chi connectivity index (χ0v) is 11.9. The third-order valence-corrected chi connectivity index (χ3v) is 4.15. The molecule has 3 nitrogen and oxygen atoms in total. The van der Waals surface area contributed by atoms with E-state index in [1.165, 1.54) is 11.6 Å². The van der Waals surface area contributed by atoms with Gasteiger partial charge in [-0.15, -0.1) is 11.3 Å². The number of rotatable bonds is 4. The summed E-state index contributed by atoms with van der Waals surface area (Å²) in [5, 5.41) is 6.48. The van der Waals surface area contributed by atoms with Crippen molar-refractivity contribution in [3.63, 3.8) is 0 Å². The van der Waals surface area contributed by atoms with Gasteiger partial charge < -0.3 is 5.32 Å². The van der Waals surface area contributed by atoms with Crippen LogP contribution < -0.4 is 5.32 Å². The minimum Gasteiger partial charge on any atom is -0.369 e. The molecule has 0 aliphatic carbocycles. The van der Waals surface area contributed by atoms with Gasteiger partial charge in [0.1, 0.15) is 22.8 Å². The number of hydrogen-bond acceptors (Lipinski definition) is 4. The highest BCUT2D eigenvalue weighted by Crippen LogP contribution is 2.28. The highest BCUT2D eigenvalue weighted by atomic mass is 32.1. The molecule has 102 valence electrons. The SMILES string of the molecule is Cc1csc2ncnc(NCCc3cccc(F)c3)c12. The van der Waals surface area contributed by atoms with Crippen LogP contribution in [0, 0.1) is 12.7 Å². The number of thiophene rings is 1. The Labute approximate surface area is 120 Å². The Morgan fingerprint density at radius 3 is 3.05 bits per heavy atom. The summed E-state index contributed by atoms with van der Waals surface area (Å²) in [6, 6.07) is 6.68. The molecule has 0 spiro atoms. The van der Waals surface area contributed by atoms with Gasteiger partial charge in [0.25, 0.3) is 0 Å². The molecule has 0 bridgehead atoms. The highest BCUT2D eigenvalue weighted by molar-refractivity contribution is 7.17. The third kappa shape index (κ3) is 2.63. The number of anilines is 1. The molecule has 3 rings (SSSR count). The van der Waals surface area contributed by atoms with E-state index in [0.717, 1.165) is 28.0 Å². The number of hydrogen-bond donors (Lipinski definition) is 1. The molecular weight excluding hydrogens is 273 g/mol. The Bertz CT molecular complexity index is 739. The topological polar surface area (TPSA) is 37.8 Å². The molecule has 1 aromatic carbocycles. The lowest BCUT2D eigenvalue weighted by Gasteiger charge is -2.07. The van der Waals surface area contributed by atoms with E-state index in [2.05, 4.69) is 27.6 Å². The van der Waals surface area contributed by atoms with Crippen molar-refractivity contribution in [3.8, 4) is 0 Å². The van der Waals surface area contributed by atoms with E-state index in [9.17, 15) is 4.39 Å². The molecular formula is C15H14FN3S. The minimum atomic E-state index is -0.194. The van der Waals surface area contributed by atoms with E-state index in [4.69, 9.17) is 0 Å². The zero-order chi connectivity index (χ0) is 13.9. The number of fused-ring (bicyclic) bond motifs is 1. The van der Waals surface area contributed by atoms with Gasteiger partial charge in [-0.2, -0.15) is 0 Å². The first kappa shape index (κ1) is 13.0. The van der Waals surface area contributed by atoms with Crippen LogP contribution in [0.5, 0.6) is 0 Å². The van der Waals surface area contributed by atoms with Crippen LogP contribution in [0.15, 0.2) is 36.0 Å². The highest BCUT2D eigenvalue weighted by Gasteiger charge is 2.07. The normalized spacial score (nSPS) is 10.9. The molecule has 0 radical (unpaired) electrons. The van der Waals surface area contributed by atoms with E-state index < -0.39 is 0 Å². The molecule has 0 unspecified atom stereocenters. The smallest absolute Gasteiger partial charge is 0.138 e. The predicted octanol–water partition coefficient (Wildman–Crippen LogP) is 3.79. The first-order valence-electron chi connectivity index (χ1n) is 6.41. The summed E-state index contributed by atoms with van der Waals surface area (Å²) >= 11 is 1.62. The fourth-order valence-corrected chi connectivity index (χ4v) is 3.06. The molecule has 5 heteroatoms.